The van der Waals surface area contributed by atoms with E-state index in [1.165, 1.54) is 17.0 Å². The van der Waals surface area contributed by atoms with Crippen LogP contribution < -0.4 is 9.62 Å². The Morgan fingerprint density at radius 3 is 2.10 bits per heavy atom. The maximum absolute atomic E-state index is 14.2. The Balaban J connectivity index is 1.79. The summed E-state index contributed by atoms with van der Waals surface area (Å²) in [5.74, 6) is -1.37. The van der Waals surface area contributed by atoms with Crippen LogP contribution in [-0.2, 0) is 32.6 Å². The normalized spacial score (nSPS) is 12.5. The largest absolute Gasteiger partial charge is 0.350 e. The molecule has 0 aliphatic carbocycles. The Kier molecular flexibility index (Phi) is 9.31. The first-order valence-electron chi connectivity index (χ1n) is 13.7. The number of hydrogen-bond donors (Lipinski definition) is 1. The molecule has 0 radical (unpaired) electrons. The predicted octanol–water partition coefficient (Wildman–Crippen LogP) is 5.30. The fourth-order valence-electron chi connectivity index (χ4n) is 4.81. The molecule has 0 saturated heterocycles. The molecular weight excluding hydrogens is 553 g/mol. The number of carbonyl (C=O) groups is 2. The van der Waals surface area contributed by atoms with E-state index in [4.69, 9.17) is 0 Å². The summed E-state index contributed by atoms with van der Waals surface area (Å²) in [5.41, 5.74) is 1.21. The van der Waals surface area contributed by atoms with Gasteiger partial charge in [-0.25, -0.2) is 12.8 Å². The molecule has 1 atom stereocenters. The molecule has 2 amide bonds. The second-order valence-corrected chi connectivity index (χ2v) is 13.3. The smallest absolute Gasteiger partial charge is 0.244 e. The third kappa shape index (κ3) is 7.94. The quantitative estimate of drug-likeness (QED) is 0.272. The van der Waals surface area contributed by atoms with Gasteiger partial charge in [-0.1, -0.05) is 78.9 Å². The lowest BCUT2D eigenvalue weighted by Crippen LogP contribution is -2.56. The number of rotatable bonds is 10. The first-order valence-corrected chi connectivity index (χ1v) is 15.5. The highest BCUT2D eigenvalue weighted by molar-refractivity contribution is 7.92. The van der Waals surface area contributed by atoms with Gasteiger partial charge in [0.25, 0.3) is 0 Å². The summed E-state index contributed by atoms with van der Waals surface area (Å²) in [7, 11) is -3.91. The Morgan fingerprint density at radius 2 is 1.45 bits per heavy atom. The number of carbonyl (C=O) groups excluding carboxylic acids is 2. The standard InChI is InChI=1S/C33H36FN3O4S/c1-33(2,3)35-32(39)30(21-24-11-6-5-7-12-24)36(22-25-17-19-27(34)20-18-25)31(38)23-37(42(4,40)41)29-16-10-14-26-13-8-9-15-28(26)29/h5-20,30H,21-23H2,1-4H3,(H,35,39)/t30-/m0/s1. The van der Waals surface area contributed by atoms with Gasteiger partial charge >= 0.3 is 0 Å². The molecule has 0 aliphatic rings. The fraction of sp³-hybridized carbons (Fsp3) is 0.273. The molecule has 4 aromatic rings. The molecule has 0 unspecified atom stereocenters. The number of hydrogen-bond acceptors (Lipinski definition) is 4. The summed E-state index contributed by atoms with van der Waals surface area (Å²) < 4.78 is 41.1. The minimum absolute atomic E-state index is 0.0265. The lowest BCUT2D eigenvalue weighted by molar-refractivity contribution is -0.140. The van der Waals surface area contributed by atoms with Gasteiger partial charge in [-0.05, 0) is 55.5 Å². The molecule has 4 aromatic carbocycles. The molecule has 0 spiro atoms. The molecule has 0 aliphatic heterocycles. The monoisotopic (exact) mass is 589 g/mol. The van der Waals surface area contributed by atoms with Crippen LogP contribution in [0.2, 0.25) is 0 Å². The summed E-state index contributed by atoms with van der Waals surface area (Å²) >= 11 is 0. The molecule has 0 fully saturated rings. The van der Waals surface area contributed by atoms with Crippen molar-refractivity contribution in [2.24, 2.45) is 0 Å². The van der Waals surface area contributed by atoms with Crippen LogP contribution in [0, 0.1) is 5.82 Å². The number of benzene rings is 4. The Bertz CT molecular complexity index is 1650. The lowest BCUT2D eigenvalue weighted by Gasteiger charge is -2.35. The Morgan fingerprint density at radius 1 is 0.833 bits per heavy atom. The first-order chi connectivity index (χ1) is 19.8. The number of amides is 2. The number of halogens is 1. The SMILES string of the molecule is CC(C)(C)NC(=O)[C@H](Cc1ccccc1)N(Cc1ccc(F)cc1)C(=O)CN(c1cccc2ccccc12)S(C)(=O)=O. The predicted molar refractivity (Wildman–Crippen MR) is 165 cm³/mol. The summed E-state index contributed by atoms with van der Waals surface area (Å²) in [4.78, 5) is 29.4. The third-order valence-electron chi connectivity index (χ3n) is 6.75. The van der Waals surface area contributed by atoms with Crippen LogP contribution in [-0.4, -0.2) is 49.5 Å². The minimum Gasteiger partial charge on any atom is -0.350 e. The highest BCUT2D eigenvalue weighted by Crippen LogP contribution is 2.29. The maximum Gasteiger partial charge on any atom is 0.244 e. The minimum atomic E-state index is -3.91. The summed E-state index contributed by atoms with van der Waals surface area (Å²) in [6.07, 6.45) is 1.25. The first kappa shape index (κ1) is 30.7. The molecule has 0 heterocycles. The van der Waals surface area contributed by atoms with E-state index in [1.54, 1.807) is 30.3 Å². The van der Waals surface area contributed by atoms with Crippen molar-refractivity contribution in [1.29, 1.82) is 0 Å². The van der Waals surface area contributed by atoms with Crippen LogP contribution in [0.1, 0.15) is 31.9 Å². The molecule has 0 aromatic heterocycles. The van der Waals surface area contributed by atoms with Crippen molar-refractivity contribution in [1.82, 2.24) is 10.2 Å². The number of anilines is 1. The zero-order valence-electron chi connectivity index (χ0n) is 24.2. The number of nitrogens with zero attached hydrogens (tertiary/aromatic N) is 2. The highest BCUT2D eigenvalue weighted by atomic mass is 32.2. The van der Waals surface area contributed by atoms with E-state index in [0.717, 1.165) is 21.5 Å². The molecule has 9 heteroatoms. The molecule has 1 N–H and O–H groups in total. The average molecular weight is 590 g/mol. The number of nitrogens with one attached hydrogen (secondary N) is 1. The van der Waals surface area contributed by atoms with Gasteiger partial charge in [0, 0.05) is 23.9 Å². The van der Waals surface area contributed by atoms with Crippen molar-refractivity contribution in [3.8, 4) is 0 Å². The molecule has 4 rings (SSSR count). The zero-order valence-corrected chi connectivity index (χ0v) is 25.1. The van der Waals surface area contributed by atoms with Crippen molar-refractivity contribution >= 4 is 38.3 Å². The van der Waals surface area contributed by atoms with Crippen molar-refractivity contribution in [3.05, 3.63) is 114 Å². The van der Waals surface area contributed by atoms with E-state index in [2.05, 4.69) is 5.32 Å². The van der Waals surface area contributed by atoms with Crippen molar-refractivity contribution in [2.45, 2.75) is 45.3 Å². The van der Waals surface area contributed by atoms with Gasteiger partial charge in [0.1, 0.15) is 18.4 Å². The van der Waals surface area contributed by atoms with Crippen LogP contribution in [0.4, 0.5) is 10.1 Å². The molecular formula is C33H36FN3O4S. The molecule has 42 heavy (non-hydrogen) atoms. The van der Waals surface area contributed by atoms with Crippen LogP contribution in [0.15, 0.2) is 97.1 Å². The van der Waals surface area contributed by atoms with Crippen molar-refractivity contribution in [2.75, 3.05) is 17.1 Å². The van der Waals surface area contributed by atoms with E-state index < -0.39 is 39.9 Å². The van der Waals surface area contributed by atoms with Gasteiger partial charge in [0.05, 0.1) is 11.9 Å². The number of sulfonamides is 1. The highest BCUT2D eigenvalue weighted by Gasteiger charge is 2.34. The Labute approximate surface area is 247 Å². The van der Waals surface area contributed by atoms with Crippen molar-refractivity contribution < 1.29 is 22.4 Å². The van der Waals surface area contributed by atoms with Crippen LogP contribution >= 0.6 is 0 Å². The third-order valence-corrected chi connectivity index (χ3v) is 7.88. The van der Waals surface area contributed by atoms with E-state index in [-0.39, 0.29) is 18.9 Å². The molecule has 220 valence electrons. The summed E-state index contributed by atoms with van der Waals surface area (Å²) in [5, 5.41) is 4.48. The second-order valence-electron chi connectivity index (χ2n) is 11.4. The molecule has 0 saturated carbocycles. The van der Waals surface area contributed by atoms with Gasteiger partial charge in [-0.2, -0.15) is 0 Å². The summed E-state index contributed by atoms with van der Waals surface area (Å²) in [6.45, 7) is 5.00. The van der Waals surface area contributed by atoms with E-state index in [0.29, 0.717) is 16.6 Å². The Hall–Kier alpha value is -4.24. The maximum atomic E-state index is 14.2. The summed E-state index contributed by atoms with van der Waals surface area (Å²) in [6, 6.07) is 26.6. The zero-order chi connectivity index (χ0) is 30.5. The second kappa shape index (κ2) is 12.7. The van der Waals surface area contributed by atoms with Gasteiger partial charge in [-0.15, -0.1) is 0 Å². The van der Waals surface area contributed by atoms with Gasteiger partial charge in [-0.3, -0.25) is 13.9 Å². The van der Waals surface area contributed by atoms with Crippen LogP contribution in [0.25, 0.3) is 10.8 Å². The molecule has 0 bridgehead atoms. The van der Waals surface area contributed by atoms with Crippen LogP contribution in [0.5, 0.6) is 0 Å². The lowest BCUT2D eigenvalue weighted by atomic mass is 10.0. The average Bonchev–Trinajstić information content (AvgIpc) is 2.93. The number of fused-ring (bicyclic) bond motifs is 1. The van der Waals surface area contributed by atoms with E-state index in [9.17, 15) is 22.4 Å². The molecule has 7 nitrogen and oxygen atoms in total. The van der Waals surface area contributed by atoms with Crippen molar-refractivity contribution in [3.63, 3.8) is 0 Å². The van der Waals surface area contributed by atoms with Crippen LogP contribution in [0.3, 0.4) is 0 Å². The van der Waals surface area contributed by atoms with E-state index >= 15 is 0 Å². The fourth-order valence-corrected chi connectivity index (χ4v) is 5.68. The topological polar surface area (TPSA) is 86.8 Å². The van der Waals surface area contributed by atoms with Gasteiger partial charge in [0.15, 0.2) is 0 Å². The van der Waals surface area contributed by atoms with Gasteiger partial charge in [0.2, 0.25) is 21.8 Å². The van der Waals surface area contributed by atoms with Gasteiger partial charge < -0.3 is 10.2 Å². The van der Waals surface area contributed by atoms with E-state index in [1.807, 2.05) is 75.4 Å².